The molecule has 0 saturated carbocycles. The topological polar surface area (TPSA) is 427 Å². The van der Waals surface area contributed by atoms with Crippen LogP contribution in [0.15, 0.2) is 140 Å². The summed E-state index contributed by atoms with van der Waals surface area (Å²) in [5.74, 6) is -2.68. The molecule has 2 atom stereocenters. The summed E-state index contributed by atoms with van der Waals surface area (Å²) in [6, 6.07) is 34.7. The van der Waals surface area contributed by atoms with Crippen LogP contribution in [0.3, 0.4) is 0 Å². The standard InChI is InChI=1S/C45H56N6O12.C38H50N6O12.H2/c1-45(2,3)63-44(56)46-18-19-50-30-35(48-49-50)32-61-36-15-13-33(14-16-36)29-39(43(55)62-31-34-9-5-4-6-10-34)47-40(52)17-21-57-23-25-59-27-28-60-26-24-58-22-20-51-41(53)37-11-7-8-12-38(37)42(51)54;1-38(2,3)56-37(50)39-13-14-43-25-28(41-42-43)26-55-29-10-8-27(9-11-29)24-32(36(48)49)40-33(45)12-16-51-18-20-53-22-23-54-21-19-52-17-15-44-34(46)30-6-4-5-7-31(30)35(44)47;/h4-16,30,39H,17-29,31-32H2,1-3H3,(H,46,56)(H,47,52);4-11,25,32H,12-24,26H2,1-3H3,(H,39,50)(H,40,45)(H,48,49);1H/t39-;32-;/m00./s1. The third kappa shape index (κ3) is 34.5. The Balaban J connectivity index is 0.000000330. The van der Waals surface area contributed by atoms with Gasteiger partial charge >= 0.3 is 24.1 Å². The molecule has 0 saturated heterocycles. The number of aliphatic carboxylic acids is 1. The van der Waals surface area contributed by atoms with E-state index in [0.29, 0.717) is 136 Å². The van der Waals surface area contributed by atoms with Gasteiger partial charge in [-0.25, -0.2) is 19.2 Å². The Morgan fingerprint density at radius 2 is 0.739 bits per heavy atom. The van der Waals surface area contributed by atoms with E-state index in [9.17, 15) is 53.1 Å². The zero-order chi connectivity index (χ0) is 85.2. The summed E-state index contributed by atoms with van der Waals surface area (Å²) >= 11 is 0. The molecule has 0 spiro atoms. The van der Waals surface area contributed by atoms with Crippen molar-refractivity contribution in [3.63, 3.8) is 0 Å². The van der Waals surface area contributed by atoms with Crippen LogP contribution < -0.4 is 30.7 Å². The van der Waals surface area contributed by atoms with Gasteiger partial charge < -0.3 is 88.0 Å². The maximum Gasteiger partial charge on any atom is 0.407 e. The number of alkyl carbamates (subject to hydrolysis) is 2. The van der Waals surface area contributed by atoms with Crippen LogP contribution in [0.5, 0.6) is 11.5 Å². The van der Waals surface area contributed by atoms with Gasteiger partial charge in [0.05, 0.1) is 167 Å². The van der Waals surface area contributed by atoms with Gasteiger partial charge in [0.15, 0.2) is 0 Å². The second-order valence-corrected chi connectivity index (χ2v) is 28.8. The SMILES string of the molecule is CC(C)(C)OC(=O)NCCn1cc(COc2ccc(C[C@H](NC(=O)CCOCCOCCOCCOCCN3C(=O)c4ccccc4C3=O)C(=O)O)cc2)nn1.CC(C)(C)OC(=O)NCCn1cc(COc2ccc(C[C@H](NC(=O)CCOCCOCCOCCOCCN3C(=O)c4ccccc4C3=O)C(=O)OCc3ccccc3)cc2)nn1.[HH]. The fourth-order valence-corrected chi connectivity index (χ4v) is 11.2. The van der Waals surface area contributed by atoms with Crippen LogP contribution in [-0.2, 0) is 117 Å². The summed E-state index contributed by atoms with van der Waals surface area (Å²) in [5.41, 5.74) is 3.95. The number of hydrogen-bond acceptors (Lipinski definition) is 27. The molecular weight excluding hydrogens is 1550 g/mol. The molecule has 0 unspecified atom stereocenters. The highest BCUT2D eigenvalue weighted by molar-refractivity contribution is 6.22. The molecule has 0 fully saturated rings. The van der Waals surface area contributed by atoms with Gasteiger partial charge in [0.2, 0.25) is 11.8 Å². The van der Waals surface area contributed by atoms with Crippen molar-refractivity contribution in [3.8, 4) is 11.5 Å². The van der Waals surface area contributed by atoms with Crippen molar-refractivity contribution in [2.75, 3.05) is 132 Å². The molecule has 9 rings (SSSR count). The summed E-state index contributed by atoms with van der Waals surface area (Å²) in [5, 5.41) is 36.6. The van der Waals surface area contributed by atoms with Gasteiger partial charge in [-0.1, -0.05) is 89.3 Å². The van der Waals surface area contributed by atoms with Crippen molar-refractivity contribution in [2.45, 2.75) is 123 Å². The highest BCUT2D eigenvalue weighted by Crippen LogP contribution is 2.25. The van der Waals surface area contributed by atoms with Gasteiger partial charge in [0, 0.05) is 40.2 Å². The van der Waals surface area contributed by atoms with Gasteiger partial charge in [-0.05, 0) is 107 Å². The second-order valence-electron chi connectivity index (χ2n) is 28.8. The predicted molar refractivity (Wildman–Crippen MR) is 427 cm³/mol. The number of carboxylic acids is 1. The first kappa shape index (κ1) is 92.9. The van der Waals surface area contributed by atoms with Crippen LogP contribution in [0, 0.1) is 0 Å². The molecule has 2 aliphatic rings. The van der Waals surface area contributed by atoms with Crippen LogP contribution >= 0.6 is 0 Å². The maximum absolute atomic E-state index is 13.2. The Morgan fingerprint density at radius 3 is 1.10 bits per heavy atom. The van der Waals surface area contributed by atoms with Crippen LogP contribution in [0.2, 0.25) is 0 Å². The lowest BCUT2D eigenvalue weighted by molar-refractivity contribution is -0.149. The van der Waals surface area contributed by atoms with Crippen LogP contribution in [0.1, 0.15) is 125 Å². The smallest absolute Gasteiger partial charge is 0.407 e. The zero-order valence-electron chi connectivity index (χ0n) is 67.9. The van der Waals surface area contributed by atoms with E-state index < -0.39 is 53.3 Å². The van der Waals surface area contributed by atoms with Crippen molar-refractivity contribution in [1.82, 2.24) is 61.1 Å². The van der Waals surface area contributed by atoms with Crippen LogP contribution in [-0.4, -0.2) is 260 Å². The molecule has 0 bridgehead atoms. The molecule has 36 heteroatoms. The number of esters is 1. The number of fused-ring (bicyclic) bond motifs is 2. The fraction of sp³-hybridized carbons (Fsp3) is 0.470. The normalized spacial score (nSPS) is 12.9. The number of imide groups is 2. The molecule has 0 aliphatic carbocycles. The highest BCUT2D eigenvalue weighted by atomic mass is 16.6. The summed E-state index contributed by atoms with van der Waals surface area (Å²) in [7, 11) is 0. The van der Waals surface area contributed by atoms with Crippen LogP contribution in [0.25, 0.3) is 0 Å². The number of rotatable bonds is 52. The van der Waals surface area contributed by atoms with Gasteiger partial charge in [-0.2, -0.15) is 0 Å². The van der Waals surface area contributed by atoms with Crippen molar-refractivity contribution >= 4 is 59.6 Å². The first-order valence-electron chi connectivity index (χ1n) is 39.0. The number of benzene rings is 5. The van der Waals surface area contributed by atoms with Gasteiger partial charge in [0.1, 0.15) is 66.0 Å². The minimum Gasteiger partial charge on any atom is -0.487 e. The van der Waals surface area contributed by atoms with Gasteiger partial charge in [0.25, 0.3) is 23.6 Å². The lowest BCUT2D eigenvalue weighted by Gasteiger charge is -2.19. The molecule has 2 aromatic heterocycles. The predicted octanol–water partition coefficient (Wildman–Crippen LogP) is 6.40. The third-order valence-corrected chi connectivity index (χ3v) is 17.0. The highest BCUT2D eigenvalue weighted by Gasteiger charge is 2.36. The summed E-state index contributed by atoms with van der Waals surface area (Å²) < 4.78 is 74.8. The van der Waals surface area contributed by atoms with E-state index in [4.69, 9.17) is 61.6 Å². The summed E-state index contributed by atoms with van der Waals surface area (Å²) in [6.07, 6.45) is 2.69. The number of nitrogens with zero attached hydrogens (tertiary/aromatic N) is 8. The van der Waals surface area contributed by atoms with E-state index in [2.05, 4.69) is 41.9 Å². The van der Waals surface area contributed by atoms with E-state index in [0.717, 1.165) is 11.1 Å². The Bertz CT molecular complexity index is 4300. The molecule has 8 amide bonds. The first-order chi connectivity index (χ1) is 57.3. The molecule has 7 aromatic rings. The molecular formula is C83H108N12O24. The summed E-state index contributed by atoms with van der Waals surface area (Å²) in [4.78, 5) is 126. The number of hydrogen-bond donors (Lipinski definition) is 5. The van der Waals surface area contributed by atoms with Crippen molar-refractivity contribution in [3.05, 3.63) is 190 Å². The molecule has 5 N–H and O–H groups in total. The molecule has 0 radical (unpaired) electrons. The molecule has 119 heavy (non-hydrogen) atoms. The molecule has 36 nitrogen and oxygen atoms in total. The number of aromatic nitrogens is 6. The van der Waals surface area contributed by atoms with Crippen LogP contribution in [0.4, 0.5) is 9.59 Å². The van der Waals surface area contributed by atoms with E-state index in [1.807, 2.05) is 42.5 Å². The van der Waals surface area contributed by atoms with E-state index in [1.165, 1.54) is 9.80 Å². The quantitative estimate of drug-likeness (QED) is 0.0119. The second kappa shape index (κ2) is 49.6. The zero-order valence-corrected chi connectivity index (χ0v) is 67.9. The van der Waals surface area contributed by atoms with Gasteiger partial charge in [-0.3, -0.25) is 47.9 Å². The molecule has 5 aromatic carbocycles. The van der Waals surface area contributed by atoms with E-state index >= 15 is 0 Å². The van der Waals surface area contributed by atoms with Crippen molar-refractivity contribution < 1.29 is 116 Å². The monoisotopic (exact) mass is 1660 g/mol. The largest absolute Gasteiger partial charge is 0.487 e. The summed E-state index contributed by atoms with van der Waals surface area (Å²) in [6.45, 7) is 17.2. The maximum atomic E-state index is 13.2. The first-order valence-corrected chi connectivity index (χ1v) is 39.0. The minimum absolute atomic E-state index is 0. The van der Waals surface area contributed by atoms with E-state index in [1.54, 1.807) is 148 Å². The number of amides is 8. The number of carbonyl (C=O) groups is 10. The number of carbonyl (C=O) groups excluding carboxylic acids is 9. The average molecular weight is 1660 g/mol. The number of nitrogens with one attached hydrogen (secondary N) is 4. The lowest BCUT2D eigenvalue weighted by Crippen LogP contribution is -2.43. The minimum atomic E-state index is -1.16. The number of carboxylic acid groups (broad SMARTS) is 1. The Kier molecular flexibility index (Phi) is 38.7. The van der Waals surface area contributed by atoms with Crippen molar-refractivity contribution in [2.24, 2.45) is 0 Å². The Hall–Kier alpha value is -11.6. The number of ether oxygens (including phenoxy) is 13. The van der Waals surface area contributed by atoms with E-state index in [-0.39, 0.29) is 136 Å². The molecule has 4 heterocycles. The van der Waals surface area contributed by atoms with Gasteiger partial charge in [-0.15, -0.1) is 10.2 Å². The Labute approximate surface area is 690 Å². The average Bonchev–Trinajstić information content (AvgIpc) is 1.65. The Morgan fingerprint density at radius 1 is 0.403 bits per heavy atom. The third-order valence-electron chi connectivity index (χ3n) is 17.0. The molecule has 2 aliphatic heterocycles. The van der Waals surface area contributed by atoms with Crippen molar-refractivity contribution in [1.29, 1.82) is 0 Å². The fourth-order valence-electron chi connectivity index (χ4n) is 11.2. The lowest BCUT2D eigenvalue weighted by atomic mass is 10.1. The molecule has 644 valence electrons.